The van der Waals surface area contributed by atoms with Crippen LogP contribution in [0.5, 0.6) is 0 Å². The Labute approximate surface area is 173 Å². The van der Waals surface area contributed by atoms with Gasteiger partial charge in [0.15, 0.2) is 0 Å². The first-order valence-corrected chi connectivity index (χ1v) is 11.0. The highest BCUT2D eigenvalue weighted by Gasteiger charge is 2.65. The summed E-state index contributed by atoms with van der Waals surface area (Å²) in [5.41, 5.74) is 1.17. The summed E-state index contributed by atoms with van der Waals surface area (Å²) < 4.78 is 17.8. The molecule has 29 heavy (non-hydrogen) atoms. The number of furan rings is 1. The van der Waals surface area contributed by atoms with E-state index in [1.54, 1.807) is 6.26 Å². The predicted molar refractivity (Wildman–Crippen MR) is 108 cm³/mol. The SMILES string of the molecule is CC(=O)O[C@H]1[C@H](OC(C)=O)[C@H]2C(C)(C)CCC[C@@]2(C)[C@@H]2Cc3occc3[C@H](C)[C@@H]12. The van der Waals surface area contributed by atoms with Crippen molar-refractivity contribution in [2.45, 2.75) is 85.4 Å². The van der Waals surface area contributed by atoms with Gasteiger partial charge < -0.3 is 13.9 Å². The summed E-state index contributed by atoms with van der Waals surface area (Å²) in [6, 6.07) is 2.04. The van der Waals surface area contributed by atoms with E-state index >= 15 is 0 Å². The van der Waals surface area contributed by atoms with Gasteiger partial charge in [-0.2, -0.15) is 0 Å². The van der Waals surface area contributed by atoms with E-state index in [1.807, 2.05) is 6.07 Å². The van der Waals surface area contributed by atoms with Crippen LogP contribution in [-0.2, 0) is 25.5 Å². The average Bonchev–Trinajstić information content (AvgIpc) is 3.06. The summed E-state index contributed by atoms with van der Waals surface area (Å²) in [4.78, 5) is 24.3. The van der Waals surface area contributed by atoms with Crippen molar-refractivity contribution in [1.82, 2.24) is 0 Å². The molecule has 3 aliphatic rings. The van der Waals surface area contributed by atoms with E-state index in [0.29, 0.717) is 5.92 Å². The molecule has 0 N–H and O–H groups in total. The highest BCUT2D eigenvalue weighted by molar-refractivity contribution is 5.67. The first-order valence-electron chi connectivity index (χ1n) is 11.0. The van der Waals surface area contributed by atoms with Gasteiger partial charge in [0.05, 0.1) is 6.26 Å². The molecule has 5 heteroatoms. The summed E-state index contributed by atoms with van der Waals surface area (Å²) in [6.45, 7) is 12.0. The molecule has 2 saturated carbocycles. The third-order valence-electron chi connectivity index (χ3n) is 8.29. The van der Waals surface area contributed by atoms with Crippen molar-refractivity contribution < 1.29 is 23.5 Å². The van der Waals surface area contributed by atoms with E-state index in [9.17, 15) is 9.59 Å². The molecule has 0 spiro atoms. The summed E-state index contributed by atoms with van der Waals surface area (Å²) in [5, 5.41) is 0. The molecule has 0 unspecified atom stereocenters. The molecule has 0 aromatic carbocycles. The molecule has 0 amide bonds. The Balaban J connectivity index is 1.89. The minimum atomic E-state index is -0.435. The molecule has 4 rings (SSSR count). The third-order valence-corrected chi connectivity index (χ3v) is 8.29. The fourth-order valence-corrected chi connectivity index (χ4v) is 7.44. The highest BCUT2D eigenvalue weighted by Crippen LogP contribution is 2.65. The zero-order valence-corrected chi connectivity index (χ0v) is 18.5. The Morgan fingerprint density at radius 1 is 1.07 bits per heavy atom. The van der Waals surface area contributed by atoms with E-state index in [1.165, 1.54) is 19.4 Å². The van der Waals surface area contributed by atoms with Gasteiger partial charge >= 0.3 is 11.9 Å². The minimum Gasteiger partial charge on any atom is -0.469 e. The van der Waals surface area contributed by atoms with E-state index in [4.69, 9.17) is 13.9 Å². The fraction of sp³-hybridized carbons (Fsp3) is 0.750. The molecule has 3 aliphatic carbocycles. The van der Waals surface area contributed by atoms with Crippen LogP contribution < -0.4 is 0 Å². The van der Waals surface area contributed by atoms with Crippen molar-refractivity contribution in [3.8, 4) is 0 Å². The number of rotatable bonds is 2. The molecule has 5 nitrogen and oxygen atoms in total. The summed E-state index contributed by atoms with van der Waals surface area (Å²) in [6.07, 6.45) is 5.10. The zero-order chi connectivity index (χ0) is 21.1. The lowest BCUT2D eigenvalue weighted by atomic mass is 9.42. The largest absolute Gasteiger partial charge is 0.469 e. The van der Waals surface area contributed by atoms with Gasteiger partial charge in [-0.1, -0.05) is 34.1 Å². The second kappa shape index (κ2) is 6.88. The lowest BCUT2D eigenvalue weighted by Crippen LogP contribution is -2.66. The van der Waals surface area contributed by atoms with Crippen LogP contribution in [0.3, 0.4) is 0 Å². The molecule has 0 bridgehead atoms. The van der Waals surface area contributed by atoms with Gasteiger partial charge in [-0.05, 0) is 47.1 Å². The molecule has 160 valence electrons. The summed E-state index contributed by atoms with van der Waals surface area (Å²) in [7, 11) is 0. The monoisotopic (exact) mass is 402 g/mol. The molecule has 1 aromatic heterocycles. The summed E-state index contributed by atoms with van der Waals surface area (Å²) in [5.74, 6) is 1.17. The number of carbonyl (C=O) groups excluding carboxylic acids is 2. The molecule has 7 atom stereocenters. The maximum Gasteiger partial charge on any atom is 0.303 e. The normalized spacial score (nSPS) is 40.2. The van der Waals surface area contributed by atoms with Crippen LogP contribution in [0.15, 0.2) is 16.7 Å². The molecule has 2 fully saturated rings. The number of fused-ring (bicyclic) bond motifs is 4. The van der Waals surface area contributed by atoms with Crippen LogP contribution in [0.4, 0.5) is 0 Å². The van der Waals surface area contributed by atoms with Crippen molar-refractivity contribution in [2.24, 2.45) is 28.6 Å². The van der Waals surface area contributed by atoms with Crippen LogP contribution in [-0.4, -0.2) is 24.1 Å². The van der Waals surface area contributed by atoms with E-state index < -0.39 is 12.2 Å². The quantitative estimate of drug-likeness (QED) is 0.660. The van der Waals surface area contributed by atoms with Gasteiger partial charge in [-0.15, -0.1) is 0 Å². The second-order valence-electron chi connectivity index (χ2n) is 10.4. The van der Waals surface area contributed by atoms with Crippen LogP contribution >= 0.6 is 0 Å². The van der Waals surface area contributed by atoms with Crippen molar-refractivity contribution in [1.29, 1.82) is 0 Å². The standard InChI is InChI=1S/C24H34O5/c1-13-16-8-11-27-18(16)12-17-19(13)20(28-14(2)25)21(29-15(3)26)22-23(4,5)9-7-10-24(17,22)6/h8,11,13,17,19-22H,7,9-10,12H2,1-6H3/t13-,17+,19+,20+,21-,22-,24-/m0/s1. The number of hydrogen-bond donors (Lipinski definition) is 0. The number of hydrogen-bond acceptors (Lipinski definition) is 5. The van der Waals surface area contributed by atoms with Crippen LogP contribution in [0.1, 0.15) is 78.0 Å². The third kappa shape index (κ3) is 3.12. The lowest BCUT2D eigenvalue weighted by Gasteiger charge is -2.64. The maximum atomic E-state index is 12.2. The topological polar surface area (TPSA) is 65.7 Å². The number of esters is 2. The summed E-state index contributed by atoms with van der Waals surface area (Å²) >= 11 is 0. The molecule has 1 aromatic rings. The lowest BCUT2D eigenvalue weighted by molar-refractivity contribution is -0.237. The van der Waals surface area contributed by atoms with Crippen LogP contribution in [0.2, 0.25) is 0 Å². The maximum absolute atomic E-state index is 12.2. The Morgan fingerprint density at radius 3 is 2.38 bits per heavy atom. The Kier molecular flexibility index (Phi) is 4.86. The second-order valence-corrected chi connectivity index (χ2v) is 10.4. The van der Waals surface area contributed by atoms with Crippen molar-refractivity contribution >= 4 is 11.9 Å². The van der Waals surface area contributed by atoms with Gasteiger partial charge in [-0.25, -0.2) is 0 Å². The fourth-order valence-electron chi connectivity index (χ4n) is 7.44. The Morgan fingerprint density at radius 2 is 1.72 bits per heavy atom. The average molecular weight is 403 g/mol. The molecular weight excluding hydrogens is 368 g/mol. The van der Waals surface area contributed by atoms with Gasteiger partial charge in [-0.3, -0.25) is 9.59 Å². The number of carbonyl (C=O) groups is 2. The van der Waals surface area contributed by atoms with E-state index in [-0.39, 0.29) is 40.5 Å². The van der Waals surface area contributed by atoms with Crippen molar-refractivity contribution in [2.75, 3.05) is 0 Å². The Hall–Kier alpha value is -1.78. The van der Waals surface area contributed by atoms with Gasteiger partial charge in [0, 0.05) is 32.1 Å². The molecule has 0 radical (unpaired) electrons. The van der Waals surface area contributed by atoms with Gasteiger partial charge in [0.1, 0.15) is 18.0 Å². The van der Waals surface area contributed by atoms with E-state index in [0.717, 1.165) is 31.4 Å². The molecule has 1 heterocycles. The minimum absolute atomic E-state index is 0.0107. The Bertz CT molecular complexity index is 808. The van der Waals surface area contributed by atoms with Gasteiger partial charge in [0.25, 0.3) is 0 Å². The molecule has 0 aliphatic heterocycles. The van der Waals surface area contributed by atoms with Crippen molar-refractivity contribution in [3.63, 3.8) is 0 Å². The molecular formula is C24H34O5. The molecule has 0 saturated heterocycles. The van der Waals surface area contributed by atoms with E-state index in [2.05, 4.69) is 27.7 Å². The van der Waals surface area contributed by atoms with Crippen LogP contribution in [0.25, 0.3) is 0 Å². The first-order chi connectivity index (χ1) is 13.6. The predicted octanol–water partition coefficient (Wildman–Crippen LogP) is 4.88. The van der Waals surface area contributed by atoms with Gasteiger partial charge in [0.2, 0.25) is 0 Å². The first kappa shape index (κ1) is 20.5. The number of ether oxygens (including phenoxy) is 2. The smallest absolute Gasteiger partial charge is 0.303 e. The zero-order valence-electron chi connectivity index (χ0n) is 18.5. The highest BCUT2D eigenvalue weighted by atomic mass is 16.6. The van der Waals surface area contributed by atoms with Crippen LogP contribution in [0, 0.1) is 28.6 Å². The van der Waals surface area contributed by atoms with Crippen molar-refractivity contribution in [3.05, 3.63) is 23.7 Å².